The first-order valence-corrected chi connectivity index (χ1v) is 9.97. The molecule has 2 atom stereocenters. The first-order chi connectivity index (χ1) is 11.9. The standard InChI is InChI=1S/C20H25N3OS/c1-20(2,3)18(24)21-14-10-8-13(9-11-14)17-12-25-19-22-15-6-4-5-7-16(15)23(17)19/h8-12,15-16H,4-7H2,1-3H3,(H,21,24)/t15-,16+/m0/s1. The number of rotatable bonds is 2. The van der Waals surface area contributed by atoms with E-state index in [-0.39, 0.29) is 11.3 Å². The molecule has 3 aliphatic rings. The monoisotopic (exact) mass is 355 g/mol. The molecule has 132 valence electrons. The lowest BCUT2D eigenvalue weighted by Crippen LogP contribution is -2.38. The van der Waals surface area contributed by atoms with Gasteiger partial charge in [0.05, 0.1) is 17.8 Å². The molecule has 2 heterocycles. The molecule has 1 aromatic carbocycles. The number of anilines is 1. The molecule has 1 fully saturated rings. The minimum Gasteiger partial charge on any atom is -0.326 e. The molecule has 0 bridgehead atoms. The van der Waals surface area contributed by atoms with Gasteiger partial charge in [-0.15, -0.1) is 0 Å². The first kappa shape index (κ1) is 16.7. The van der Waals surface area contributed by atoms with E-state index in [2.05, 4.69) is 27.8 Å². The van der Waals surface area contributed by atoms with Crippen LogP contribution in [0.1, 0.15) is 52.0 Å². The Morgan fingerprint density at radius 1 is 1.20 bits per heavy atom. The van der Waals surface area contributed by atoms with Crippen molar-refractivity contribution >= 4 is 34.2 Å². The number of fused-ring (bicyclic) bond motifs is 3. The number of benzene rings is 1. The molecule has 0 unspecified atom stereocenters. The van der Waals surface area contributed by atoms with Crippen molar-refractivity contribution in [3.8, 4) is 0 Å². The van der Waals surface area contributed by atoms with Crippen LogP contribution in [0, 0.1) is 5.41 Å². The summed E-state index contributed by atoms with van der Waals surface area (Å²) in [6, 6.07) is 9.20. The highest BCUT2D eigenvalue weighted by molar-refractivity contribution is 8.16. The molecular weight excluding hydrogens is 330 g/mol. The second kappa shape index (κ2) is 6.20. The van der Waals surface area contributed by atoms with Crippen molar-refractivity contribution in [3.05, 3.63) is 35.2 Å². The van der Waals surface area contributed by atoms with Crippen molar-refractivity contribution < 1.29 is 4.79 Å². The van der Waals surface area contributed by atoms with Crippen LogP contribution in [0.25, 0.3) is 5.70 Å². The maximum Gasteiger partial charge on any atom is 0.229 e. The van der Waals surface area contributed by atoms with Gasteiger partial charge < -0.3 is 10.2 Å². The van der Waals surface area contributed by atoms with Crippen molar-refractivity contribution in [3.63, 3.8) is 0 Å². The van der Waals surface area contributed by atoms with Gasteiger partial charge in [-0.2, -0.15) is 0 Å². The summed E-state index contributed by atoms with van der Waals surface area (Å²) in [7, 11) is 0. The third kappa shape index (κ3) is 3.10. The number of nitrogens with one attached hydrogen (secondary N) is 1. The Morgan fingerprint density at radius 2 is 1.92 bits per heavy atom. The molecule has 4 nitrogen and oxygen atoms in total. The number of amides is 1. The van der Waals surface area contributed by atoms with Gasteiger partial charge in [0, 0.05) is 16.5 Å². The Morgan fingerprint density at radius 3 is 2.64 bits per heavy atom. The molecule has 2 aliphatic heterocycles. The number of carbonyl (C=O) groups excluding carboxylic acids is 1. The number of amidine groups is 1. The highest BCUT2D eigenvalue weighted by atomic mass is 32.2. The lowest BCUT2D eigenvalue weighted by atomic mass is 9.90. The summed E-state index contributed by atoms with van der Waals surface area (Å²) >= 11 is 1.74. The first-order valence-electron chi connectivity index (χ1n) is 9.09. The Hall–Kier alpha value is -1.75. The van der Waals surface area contributed by atoms with Crippen LogP contribution in [0.5, 0.6) is 0 Å². The summed E-state index contributed by atoms with van der Waals surface area (Å²) in [6.07, 6.45) is 5.05. The number of thioether (sulfide) groups is 1. The summed E-state index contributed by atoms with van der Waals surface area (Å²) in [5, 5.41) is 6.37. The van der Waals surface area contributed by atoms with Crippen molar-refractivity contribution in [2.75, 3.05) is 5.32 Å². The second-order valence-electron chi connectivity index (χ2n) is 8.10. The minimum absolute atomic E-state index is 0.0369. The molecule has 1 aromatic rings. The average molecular weight is 356 g/mol. The Bertz CT molecular complexity index is 745. The highest BCUT2D eigenvalue weighted by Crippen LogP contribution is 2.44. The topological polar surface area (TPSA) is 44.7 Å². The molecule has 1 amide bonds. The summed E-state index contributed by atoms with van der Waals surface area (Å²) in [5.74, 6) is 0.0369. The van der Waals surface area contributed by atoms with Crippen LogP contribution >= 0.6 is 11.8 Å². The van der Waals surface area contributed by atoms with Gasteiger partial charge in [0.2, 0.25) is 5.91 Å². The van der Waals surface area contributed by atoms with Crippen molar-refractivity contribution in [2.24, 2.45) is 10.4 Å². The van der Waals surface area contributed by atoms with E-state index in [9.17, 15) is 4.79 Å². The van der Waals surface area contributed by atoms with Crippen LogP contribution in [-0.2, 0) is 4.79 Å². The zero-order valence-corrected chi connectivity index (χ0v) is 15.9. The zero-order chi connectivity index (χ0) is 17.6. The molecular formula is C20H25N3OS. The molecule has 25 heavy (non-hydrogen) atoms. The van der Waals surface area contributed by atoms with Gasteiger partial charge in [0.1, 0.15) is 0 Å². The van der Waals surface area contributed by atoms with E-state index in [1.165, 1.54) is 36.9 Å². The van der Waals surface area contributed by atoms with E-state index < -0.39 is 0 Å². The van der Waals surface area contributed by atoms with E-state index in [1.807, 2.05) is 32.9 Å². The largest absolute Gasteiger partial charge is 0.326 e. The summed E-state index contributed by atoms with van der Waals surface area (Å²) in [5.41, 5.74) is 2.91. The smallest absolute Gasteiger partial charge is 0.229 e. The van der Waals surface area contributed by atoms with Crippen LogP contribution < -0.4 is 5.32 Å². The fourth-order valence-electron chi connectivity index (χ4n) is 3.67. The van der Waals surface area contributed by atoms with Crippen LogP contribution in [0.4, 0.5) is 5.69 Å². The Labute approximate surface area is 153 Å². The Balaban J connectivity index is 1.51. The zero-order valence-electron chi connectivity index (χ0n) is 15.1. The van der Waals surface area contributed by atoms with Gasteiger partial charge in [-0.3, -0.25) is 9.79 Å². The minimum atomic E-state index is -0.389. The van der Waals surface area contributed by atoms with Gasteiger partial charge in [0.25, 0.3) is 0 Å². The van der Waals surface area contributed by atoms with Crippen molar-refractivity contribution in [2.45, 2.75) is 58.5 Å². The molecule has 1 N–H and O–H groups in total. The summed E-state index contributed by atoms with van der Waals surface area (Å²) in [6.45, 7) is 5.77. The van der Waals surface area contributed by atoms with E-state index in [1.54, 1.807) is 11.8 Å². The molecule has 0 saturated heterocycles. The van der Waals surface area contributed by atoms with Crippen LogP contribution in [0.15, 0.2) is 34.7 Å². The van der Waals surface area contributed by atoms with Crippen LogP contribution in [0.3, 0.4) is 0 Å². The summed E-state index contributed by atoms with van der Waals surface area (Å²) in [4.78, 5) is 19.5. The lowest BCUT2D eigenvalue weighted by molar-refractivity contribution is -0.123. The van der Waals surface area contributed by atoms with Crippen LogP contribution in [-0.4, -0.2) is 28.1 Å². The number of aliphatic imine (C=N–C) groups is 1. The Kier molecular flexibility index (Phi) is 4.14. The normalized spacial score (nSPS) is 25.2. The third-order valence-corrected chi connectivity index (χ3v) is 6.02. The lowest BCUT2D eigenvalue weighted by Gasteiger charge is -2.32. The molecule has 0 aromatic heterocycles. The van der Waals surface area contributed by atoms with E-state index >= 15 is 0 Å². The number of hydrogen-bond acceptors (Lipinski definition) is 4. The van der Waals surface area contributed by atoms with E-state index in [4.69, 9.17) is 4.99 Å². The second-order valence-corrected chi connectivity index (χ2v) is 8.94. The number of nitrogens with zero attached hydrogens (tertiary/aromatic N) is 2. The molecule has 5 heteroatoms. The van der Waals surface area contributed by atoms with Crippen molar-refractivity contribution in [1.82, 2.24) is 4.90 Å². The van der Waals surface area contributed by atoms with E-state index in [0.29, 0.717) is 12.1 Å². The maximum absolute atomic E-state index is 12.1. The van der Waals surface area contributed by atoms with Crippen molar-refractivity contribution in [1.29, 1.82) is 0 Å². The fourth-order valence-corrected chi connectivity index (χ4v) is 4.68. The predicted molar refractivity (Wildman–Crippen MR) is 105 cm³/mol. The van der Waals surface area contributed by atoms with Crippen LogP contribution in [0.2, 0.25) is 0 Å². The van der Waals surface area contributed by atoms with Gasteiger partial charge in [-0.1, -0.05) is 57.5 Å². The van der Waals surface area contributed by atoms with Gasteiger partial charge in [-0.25, -0.2) is 0 Å². The predicted octanol–water partition coefficient (Wildman–Crippen LogP) is 4.70. The molecule has 1 aliphatic carbocycles. The van der Waals surface area contributed by atoms with Gasteiger partial charge in [-0.05, 0) is 30.5 Å². The fraction of sp³-hybridized carbons (Fsp3) is 0.500. The molecule has 4 rings (SSSR count). The maximum atomic E-state index is 12.1. The molecule has 1 saturated carbocycles. The third-order valence-electron chi connectivity index (χ3n) is 5.16. The van der Waals surface area contributed by atoms with Gasteiger partial charge >= 0.3 is 0 Å². The highest BCUT2D eigenvalue weighted by Gasteiger charge is 2.42. The number of hydrogen-bond donors (Lipinski definition) is 1. The summed E-state index contributed by atoms with van der Waals surface area (Å²) < 4.78 is 0. The van der Waals surface area contributed by atoms with Gasteiger partial charge in [0.15, 0.2) is 5.17 Å². The quantitative estimate of drug-likeness (QED) is 0.836. The molecule has 0 radical (unpaired) electrons. The molecule has 0 spiro atoms. The SMILES string of the molecule is CC(C)(C)C(=O)Nc1ccc(C2=CSC3=N[C@H]4CCCC[C@H]4N23)cc1. The average Bonchev–Trinajstić information content (AvgIpc) is 3.14. The number of carbonyl (C=O) groups is 1. The van der Waals surface area contributed by atoms with E-state index in [0.717, 1.165) is 10.9 Å².